The molecule has 0 spiro atoms. The van der Waals surface area contributed by atoms with Crippen LogP contribution in [0.5, 0.6) is 0 Å². The largest absolute Gasteiger partial charge is 0.449 e. The molecular weight excluding hydrogens is 333 g/mol. The van der Waals surface area contributed by atoms with Crippen molar-refractivity contribution < 1.29 is 13.6 Å². The Morgan fingerprint density at radius 2 is 1.77 bits per heavy atom. The molecule has 0 radical (unpaired) electrons. The van der Waals surface area contributed by atoms with Crippen LogP contribution in [0.2, 0.25) is 0 Å². The zero-order valence-electron chi connectivity index (χ0n) is 13.6. The number of nitrogens with zero attached hydrogens (tertiary/aromatic N) is 2. The van der Waals surface area contributed by atoms with Crippen LogP contribution in [0.1, 0.15) is 10.5 Å². The first-order valence-corrected chi connectivity index (χ1v) is 7.97. The highest BCUT2D eigenvalue weighted by atomic mass is 19.1. The van der Waals surface area contributed by atoms with Gasteiger partial charge in [-0.25, -0.2) is 9.07 Å². The minimum absolute atomic E-state index is 0.226. The summed E-state index contributed by atoms with van der Waals surface area (Å²) in [6, 6.07) is 20.5. The van der Waals surface area contributed by atoms with Crippen LogP contribution in [0, 0.1) is 5.82 Å². The normalized spacial score (nSPS) is 10.7. The van der Waals surface area contributed by atoms with E-state index in [-0.39, 0.29) is 11.5 Å². The molecule has 0 bridgehead atoms. The highest BCUT2D eigenvalue weighted by Crippen LogP contribution is 2.25. The van der Waals surface area contributed by atoms with E-state index in [0.717, 1.165) is 11.3 Å². The van der Waals surface area contributed by atoms with Gasteiger partial charge in [0.25, 0.3) is 5.91 Å². The van der Waals surface area contributed by atoms with E-state index in [4.69, 9.17) is 4.42 Å². The van der Waals surface area contributed by atoms with Gasteiger partial charge in [-0.3, -0.25) is 10.1 Å². The monoisotopic (exact) mass is 347 g/mol. The molecule has 0 aliphatic carbocycles. The number of hydrogen-bond donors (Lipinski definition) is 1. The fourth-order valence-electron chi connectivity index (χ4n) is 2.61. The summed E-state index contributed by atoms with van der Waals surface area (Å²) in [5, 5.41) is 7.08. The summed E-state index contributed by atoms with van der Waals surface area (Å²) in [5.74, 6) is -0.374. The topological polar surface area (TPSA) is 60.1 Å². The number of para-hydroxylation sites is 1. The van der Waals surface area contributed by atoms with Crippen molar-refractivity contribution in [1.82, 2.24) is 9.78 Å². The van der Waals surface area contributed by atoms with E-state index >= 15 is 0 Å². The Bertz CT molecular complexity index is 1020. The second-order valence-corrected chi connectivity index (χ2v) is 5.60. The predicted molar refractivity (Wildman–Crippen MR) is 95.6 cm³/mol. The SMILES string of the molecule is O=C(Nc1ccco1)c1cc(-c2ccc(F)cc2)n(-c2ccccc2)n1. The van der Waals surface area contributed by atoms with Crippen molar-refractivity contribution in [1.29, 1.82) is 0 Å². The number of rotatable bonds is 4. The summed E-state index contributed by atoms with van der Waals surface area (Å²) in [6.45, 7) is 0. The molecule has 0 saturated carbocycles. The number of aromatic nitrogens is 2. The standard InChI is InChI=1S/C20H14FN3O2/c21-15-10-8-14(9-11-15)18-13-17(20(25)22-19-7-4-12-26-19)23-24(18)16-5-2-1-3-6-16/h1-13H,(H,22,25). The molecule has 0 fully saturated rings. The van der Waals surface area contributed by atoms with Crippen LogP contribution in [0.15, 0.2) is 83.5 Å². The van der Waals surface area contributed by atoms with Gasteiger partial charge in [0.05, 0.1) is 17.6 Å². The number of anilines is 1. The van der Waals surface area contributed by atoms with Crippen LogP contribution in [0.25, 0.3) is 16.9 Å². The van der Waals surface area contributed by atoms with Crippen LogP contribution in [-0.2, 0) is 0 Å². The van der Waals surface area contributed by atoms with Crippen LogP contribution < -0.4 is 5.32 Å². The lowest BCUT2D eigenvalue weighted by molar-refractivity contribution is 0.101. The Hall–Kier alpha value is -3.67. The second kappa shape index (κ2) is 6.68. The van der Waals surface area contributed by atoms with Gasteiger partial charge in [0.2, 0.25) is 0 Å². The molecule has 0 aliphatic rings. The summed E-state index contributed by atoms with van der Waals surface area (Å²) < 4.78 is 20.1. The van der Waals surface area contributed by atoms with Crippen molar-refractivity contribution in [2.45, 2.75) is 0 Å². The van der Waals surface area contributed by atoms with Crippen LogP contribution in [0.3, 0.4) is 0 Å². The molecule has 1 amide bonds. The van der Waals surface area contributed by atoms with Gasteiger partial charge in [0.15, 0.2) is 11.6 Å². The first kappa shape index (κ1) is 15.8. The Balaban J connectivity index is 1.77. The Morgan fingerprint density at radius 3 is 2.46 bits per heavy atom. The molecule has 0 unspecified atom stereocenters. The number of amides is 1. The average molecular weight is 347 g/mol. The first-order valence-electron chi connectivity index (χ1n) is 7.97. The van der Waals surface area contributed by atoms with Crippen molar-refractivity contribution in [2.24, 2.45) is 0 Å². The maximum absolute atomic E-state index is 13.3. The smallest absolute Gasteiger partial charge is 0.278 e. The Kier molecular flexibility index (Phi) is 4.07. The van der Waals surface area contributed by atoms with E-state index < -0.39 is 5.91 Å². The minimum atomic E-state index is -0.391. The maximum atomic E-state index is 13.3. The lowest BCUT2D eigenvalue weighted by Gasteiger charge is -2.07. The van der Waals surface area contributed by atoms with Gasteiger partial charge in [0, 0.05) is 11.6 Å². The molecule has 0 aliphatic heterocycles. The summed E-state index contributed by atoms with van der Waals surface area (Å²) in [6.07, 6.45) is 1.47. The van der Waals surface area contributed by atoms with Crippen molar-refractivity contribution in [3.63, 3.8) is 0 Å². The molecule has 2 aromatic carbocycles. The molecule has 5 nitrogen and oxygen atoms in total. The van der Waals surface area contributed by atoms with E-state index in [1.54, 1.807) is 35.0 Å². The summed E-state index contributed by atoms with van der Waals surface area (Å²) in [7, 11) is 0. The number of furan rings is 1. The van der Waals surface area contributed by atoms with E-state index in [1.807, 2.05) is 30.3 Å². The number of benzene rings is 2. The molecule has 1 N–H and O–H groups in total. The second-order valence-electron chi connectivity index (χ2n) is 5.60. The van der Waals surface area contributed by atoms with Gasteiger partial charge < -0.3 is 4.42 Å². The quantitative estimate of drug-likeness (QED) is 0.590. The van der Waals surface area contributed by atoms with E-state index in [1.165, 1.54) is 18.4 Å². The fourth-order valence-corrected chi connectivity index (χ4v) is 2.61. The molecule has 26 heavy (non-hydrogen) atoms. The Labute approximate surface area is 148 Å². The number of halogens is 1. The predicted octanol–water partition coefficient (Wildman–Crippen LogP) is 4.52. The van der Waals surface area contributed by atoms with Crippen molar-refractivity contribution in [2.75, 3.05) is 5.32 Å². The average Bonchev–Trinajstić information content (AvgIpc) is 3.33. The highest BCUT2D eigenvalue weighted by molar-refractivity contribution is 6.02. The summed E-state index contributed by atoms with van der Waals surface area (Å²) in [4.78, 5) is 12.5. The van der Waals surface area contributed by atoms with Gasteiger partial charge >= 0.3 is 0 Å². The third-order valence-electron chi connectivity index (χ3n) is 3.84. The third-order valence-corrected chi connectivity index (χ3v) is 3.84. The molecule has 6 heteroatoms. The van der Waals surface area contributed by atoms with Gasteiger partial charge in [-0.05, 0) is 48.5 Å². The fraction of sp³-hybridized carbons (Fsp3) is 0. The van der Waals surface area contributed by atoms with E-state index in [0.29, 0.717) is 11.6 Å². The molecule has 0 saturated heterocycles. The molecule has 2 aromatic heterocycles. The number of carbonyl (C=O) groups is 1. The van der Waals surface area contributed by atoms with E-state index in [2.05, 4.69) is 10.4 Å². The number of hydrogen-bond acceptors (Lipinski definition) is 3. The van der Waals surface area contributed by atoms with Gasteiger partial charge in [-0.2, -0.15) is 5.10 Å². The number of carbonyl (C=O) groups excluding carboxylic acids is 1. The molecule has 128 valence electrons. The Morgan fingerprint density at radius 1 is 1.00 bits per heavy atom. The summed E-state index contributed by atoms with van der Waals surface area (Å²) >= 11 is 0. The van der Waals surface area contributed by atoms with Crippen LogP contribution >= 0.6 is 0 Å². The zero-order chi connectivity index (χ0) is 17.9. The number of nitrogens with one attached hydrogen (secondary N) is 1. The lowest BCUT2D eigenvalue weighted by atomic mass is 10.1. The molecule has 2 heterocycles. The molecule has 4 rings (SSSR count). The molecule has 4 aromatic rings. The zero-order valence-corrected chi connectivity index (χ0v) is 13.6. The van der Waals surface area contributed by atoms with Crippen molar-refractivity contribution in [3.05, 3.63) is 90.6 Å². The third kappa shape index (κ3) is 3.12. The molecule has 0 atom stereocenters. The lowest BCUT2D eigenvalue weighted by Crippen LogP contribution is -2.12. The highest BCUT2D eigenvalue weighted by Gasteiger charge is 2.17. The van der Waals surface area contributed by atoms with Gasteiger partial charge in [0.1, 0.15) is 5.82 Å². The summed E-state index contributed by atoms with van der Waals surface area (Å²) in [5.41, 5.74) is 2.45. The van der Waals surface area contributed by atoms with Crippen LogP contribution in [-0.4, -0.2) is 15.7 Å². The van der Waals surface area contributed by atoms with Crippen LogP contribution in [0.4, 0.5) is 10.3 Å². The first-order chi connectivity index (χ1) is 12.7. The van der Waals surface area contributed by atoms with Gasteiger partial charge in [-0.1, -0.05) is 18.2 Å². The maximum Gasteiger partial charge on any atom is 0.278 e. The van der Waals surface area contributed by atoms with Crippen molar-refractivity contribution in [3.8, 4) is 16.9 Å². The van der Waals surface area contributed by atoms with E-state index in [9.17, 15) is 9.18 Å². The van der Waals surface area contributed by atoms with Crippen molar-refractivity contribution >= 4 is 11.8 Å². The molecular formula is C20H14FN3O2. The van der Waals surface area contributed by atoms with Gasteiger partial charge in [-0.15, -0.1) is 0 Å². The minimum Gasteiger partial charge on any atom is -0.449 e.